The molecule has 4 aromatic carbocycles. The Morgan fingerprint density at radius 2 is 0.716 bits per heavy atom. The van der Waals surface area contributed by atoms with Gasteiger partial charge in [0.2, 0.25) is 0 Å². The molecular weight excluding hydrogens is 925 g/mol. The molecule has 3 aromatic heterocycles. The van der Waals surface area contributed by atoms with Crippen LogP contribution in [0.25, 0.3) is 89.7 Å². The lowest BCUT2D eigenvalue weighted by atomic mass is 9.95. The number of rotatable bonds is 17. The van der Waals surface area contributed by atoms with Gasteiger partial charge < -0.3 is 34.0 Å². The third kappa shape index (κ3) is 9.80. The second-order valence-electron chi connectivity index (χ2n) is 23.1. The largest absolute Gasteiger partial charge is 0.489 e. The van der Waals surface area contributed by atoms with Gasteiger partial charge in [-0.3, -0.25) is 0 Å². The average molecular weight is 1000 g/mol. The van der Waals surface area contributed by atoms with Crippen LogP contribution in [-0.2, 0) is 6.61 Å². The number of fused-ring (bicyclic) bond motifs is 20. The van der Waals surface area contributed by atoms with Gasteiger partial charge in [0.25, 0.3) is 0 Å². The number of nitrogens with one attached hydrogen (secondary N) is 2. The van der Waals surface area contributed by atoms with Crippen molar-refractivity contribution in [3.8, 4) is 68.5 Å². The van der Waals surface area contributed by atoms with Crippen molar-refractivity contribution in [3.05, 3.63) is 72.3 Å². The topological polar surface area (TPSA) is 166 Å². The van der Waals surface area contributed by atoms with Gasteiger partial charge in [-0.1, -0.05) is 153 Å². The maximum atomic E-state index is 11.2. The third-order valence-corrected chi connectivity index (χ3v) is 14.5. The summed E-state index contributed by atoms with van der Waals surface area (Å²) in [6.07, 6.45) is -0.413. The van der Waals surface area contributed by atoms with E-state index in [-0.39, 0.29) is 78.4 Å². The van der Waals surface area contributed by atoms with Crippen LogP contribution < -0.4 is 18.9 Å². The van der Waals surface area contributed by atoms with Crippen LogP contribution in [0, 0.1) is 47.3 Å². The summed E-state index contributed by atoms with van der Waals surface area (Å²) in [5.74, 6) is 5.96. The number of benzene rings is 4. The lowest BCUT2D eigenvalue weighted by Crippen LogP contribution is -2.29. The van der Waals surface area contributed by atoms with Gasteiger partial charge in [-0.2, -0.15) is 0 Å². The van der Waals surface area contributed by atoms with Crippen LogP contribution in [0.1, 0.15) is 116 Å². The minimum atomic E-state index is -0.272. The van der Waals surface area contributed by atoms with Crippen molar-refractivity contribution in [2.75, 3.05) is 0 Å². The molecule has 0 atom stereocenters. The lowest BCUT2D eigenvalue weighted by molar-refractivity contribution is 0.106. The Bertz CT molecular complexity index is 3330. The quantitative estimate of drug-likeness (QED) is 0.0794. The second-order valence-corrected chi connectivity index (χ2v) is 23.1. The van der Waals surface area contributed by atoms with Crippen LogP contribution in [0.5, 0.6) is 23.0 Å². The normalized spacial score (nSPS) is 12.8. The van der Waals surface area contributed by atoms with Crippen molar-refractivity contribution >= 4 is 44.1 Å². The highest BCUT2D eigenvalue weighted by Crippen LogP contribution is 2.47. The predicted molar refractivity (Wildman–Crippen MR) is 298 cm³/mol. The molecular formula is C61H76N8O5. The minimum Gasteiger partial charge on any atom is -0.489 e. The van der Waals surface area contributed by atoms with Crippen LogP contribution in [0.4, 0.5) is 0 Å². The average Bonchev–Trinajstić information content (AvgIpc) is 4.09. The molecule has 7 aromatic rings. The number of aliphatic hydroxyl groups is 1. The molecule has 0 saturated carbocycles. The summed E-state index contributed by atoms with van der Waals surface area (Å²) in [7, 11) is 0. The summed E-state index contributed by atoms with van der Waals surface area (Å²) in [5.41, 5.74) is 5.43. The van der Waals surface area contributed by atoms with Crippen molar-refractivity contribution in [2.24, 2.45) is 47.3 Å². The van der Waals surface area contributed by atoms with Gasteiger partial charge in [-0.05, 0) is 77.2 Å². The third-order valence-electron chi connectivity index (χ3n) is 14.5. The monoisotopic (exact) mass is 1000 g/mol. The molecule has 2 aliphatic rings. The smallest absolute Gasteiger partial charge is 0.168 e. The summed E-state index contributed by atoms with van der Waals surface area (Å²) in [4.78, 5) is 39.8. The van der Waals surface area contributed by atoms with E-state index in [2.05, 4.69) is 121 Å². The molecule has 0 fully saturated rings. The Kier molecular flexibility index (Phi) is 14.8. The van der Waals surface area contributed by atoms with E-state index in [0.717, 1.165) is 32.7 Å². The Labute approximate surface area is 436 Å². The molecule has 0 radical (unpaired) electrons. The van der Waals surface area contributed by atoms with Crippen LogP contribution in [0.15, 0.2) is 66.7 Å². The second kappa shape index (κ2) is 21.0. The lowest BCUT2D eigenvalue weighted by Gasteiger charge is -2.27. The first kappa shape index (κ1) is 52.3. The van der Waals surface area contributed by atoms with Gasteiger partial charge in [0.15, 0.2) is 23.3 Å². The van der Waals surface area contributed by atoms with E-state index in [1.165, 1.54) is 0 Å². The zero-order chi connectivity index (χ0) is 53.0. The minimum absolute atomic E-state index is 0.0874. The molecule has 5 heterocycles. The van der Waals surface area contributed by atoms with E-state index >= 15 is 0 Å². The highest BCUT2D eigenvalue weighted by molar-refractivity contribution is 6.10. The molecule has 13 nitrogen and oxygen atoms in total. The molecule has 2 aliphatic heterocycles. The van der Waals surface area contributed by atoms with Crippen LogP contribution in [0.2, 0.25) is 0 Å². The van der Waals surface area contributed by atoms with Crippen LogP contribution >= 0.6 is 0 Å². The first-order valence-electron chi connectivity index (χ1n) is 26.9. The van der Waals surface area contributed by atoms with Crippen molar-refractivity contribution in [2.45, 2.75) is 142 Å². The number of aromatic nitrogens is 8. The Morgan fingerprint density at radius 3 is 1.16 bits per heavy atom. The van der Waals surface area contributed by atoms with Crippen molar-refractivity contribution in [1.82, 2.24) is 39.9 Å². The predicted octanol–water partition coefficient (Wildman–Crippen LogP) is 14.6. The molecule has 74 heavy (non-hydrogen) atoms. The molecule has 0 unspecified atom stereocenters. The van der Waals surface area contributed by atoms with E-state index < -0.39 is 0 Å². The fraction of sp³-hybridized carbons (Fsp3) is 0.475. The molecule has 0 saturated heterocycles. The molecule has 0 aliphatic carbocycles. The Balaban J connectivity index is 1.47. The van der Waals surface area contributed by atoms with Gasteiger partial charge in [0.1, 0.15) is 70.0 Å². The van der Waals surface area contributed by atoms with Crippen LogP contribution in [-0.4, -0.2) is 69.4 Å². The zero-order valence-electron chi connectivity index (χ0n) is 46.2. The molecule has 3 N–H and O–H groups in total. The first-order chi connectivity index (χ1) is 35.3. The number of hydrogen-bond acceptors (Lipinski definition) is 11. The van der Waals surface area contributed by atoms with E-state index in [9.17, 15) is 5.11 Å². The fourth-order valence-electron chi connectivity index (χ4n) is 11.3. The van der Waals surface area contributed by atoms with Crippen molar-refractivity contribution in [1.29, 1.82) is 0 Å². The number of ether oxygens (including phenoxy) is 4. The number of hydrogen-bond donors (Lipinski definition) is 3. The van der Waals surface area contributed by atoms with E-state index in [4.69, 9.17) is 48.9 Å². The van der Waals surface area contributed by atoms with Crippen molar-refractivity contribution < 1.29 is 24.1 Å². The summed E-state index contributed by atoms with van der Waals surface area (Å²) >= 11 is 0. The first-order valence-corrected chi connectivity index (χ1v) is 26.9. The molecule has 13 heteroatoms. The van der Waals surface area contributed by atoms with Gasteiger partial charge in [-0.15, -0.1) is 0 Å². The Morgan fingerprint density at radius 1 is 0.365 bits per heavy atom. The van der Waals surface area contributed by atoms with Gasteiger partial charge in [-0.25, -0.2) is 29.9 Å². The van der Waals surface area contributed by atoms with E-state index in [0.29, 0.717) is 85.6 Å². The maximum Gasteiger partial charge on any atom is 0.168 e. The molecule has 8 bridgehead atoms. The summed E-state index contributed by atoms with van der Waals surface area (Å²) in [6, 6.07) is 21.9. The molecule has 9 rings (SSSR count). The van der Waals surface area contributed by atoms with Crippen LogP contribution in [0.3, 0.4) is 0 Å². The number of H-pyrrole nitrogens is 2. The highest BCUT2D eigenvalue weighted by atomic mass is 16.5. The van der Waals surface area contributed by atoms with E-state index in [1.54, 1.807) is 0 Å². The Hall–Kier alpha value is -6.60. The van der Waals surface area contributed by atoms with E-state index in [1.807, 2.05) is 66.7 Å². The number of aromatic amines is 2. The SMILES string of the molecule is CC(C)C(Oc1cccc2c1-c1nc-2nc2[nH]c(nc3nc(nc4[nH]c(n1)c1cccc(OC(C(C)C)C(C)C)c41)-c1c(CO)ccc(OC(C(C)C)C(C)C)c1-3)c1cccc(OC(C(C)C)C(C)C)c21)C(C)C. The van der Waals surface area contributed by atoms with Gasteiger partial charge in [0.05, 0.1) is 28.5 Å². The number of nitrogens with zero attached hydrogens (tertiary/aromatic N) is 6. The fourth-order valence-corrected chi connectivity index (χ4v) is 11.3. The standard InChI is InChI=1S/C61H76N8O5/c1-29(2)50(30(3)4)71-41-23-17-20-38-46(41)58-62-54(38)63-59-47-39(21-18-24-42(47)72-51(31(5)6)32(7)8)56(65-59)67-61-49-44(74-53(35(13)14)36(15)16)27-26-37(28-70)45(49)57(69-61)68-60-48-40(55(64-58)66-60)22-19-25-43(48)73-52(33(9)10)34(11)12/h17-27,29-36,50-53,70H,28H2,1-16H3,(H2,62,63,64,65,66,67,68,69). The van der Waals surface area contributed by atoms with Crippen molar-refractivity contribution in [3.63, 3.8) is 0 Å². The molecule has 0 amide bonds. The van der Waals surface area contributed by atoms with Gasteiger partial charge >= 0.3 is 0 Å². The zero-order valence-corrected chi connectivity index (χ0v) is 46.2. The summed E-state index contributed by atoms with van der Waals surface area (Å²) < 4.78 is 28.1. The molecule has 0 spiro atoms. The maximum absolute atomic E-state index is 11.2. The summed E-state index contributed by atoms with van der Waals surface area (Å²) in [6.45, 7) is 34.6. The summed E-state index contributed by atoms with van der Waals surface area (Å²) in [5, 5.41) is 14.2. The van der Waals surface area contributed by atoms with Gasteiger partial charge in [0, 0.05) is 21.9 Å². The highest BCUT2D eigenvalue weighted by Gasteiger charge is 2.33. The molecule has 390 valence electrons. The number of aliphatic hydroxyl groups excluding tert-OH is 1.